The van der Waals surface area contributed by atoms with E-state index in [1.165, 1.54) is 31.3 Å². The second kappa shape index (κ2) is 6.99. The Kier molecular flexibility index (Phi) is 4.88. The van der Waals surface area contributed by atoms with Crippen LogP contribution in [0.15, 0.2) is 42.7 Å². The van der Waals surface area contributed by atoms with Gasteiger partial charge in [0.25, 0.3) is 5.91 Å². The molecule has 0 radical (unpaired) electrons. The van der Waals surface area contributed by atoms with Gasteiger partial charge in [-0.05, 0) is 42.8 Å². The van der Waals surface area contributed by atoms with Crippen LogP contribution in [0.2, 0.25) is 5.02 Å². The molecule has 1 amide bonds. The van der Waals surface area contributed by atoms with Crippen LogP contribution in [0, 0.1) is 12.7 Å². The van der Waals surface area contributed by atoms with Crippen molar-refractivity contribution in [1.29, 1.82) is 0 Å². The van der Waals surface area contributed by atoms with Gasteiger partial charge < -0.3 is 5.32 Å². The van der Waals surface area contributed by atoms with Gasteiger partial charge in [-0.2, -0.15) is 18.3 Å². The number of pyridine rings is 1. The zero-order chi connectivity index (χ0) is 19.8. The van der Waals surface area contributed by atoms with E-state index >= 15 is 0 Å². The van der Waals surface area contributed by atoms with Gasteiger partial charge in [-0.3, -0.25) is 4.79 Å². The highest BCUT2D eigenvalue weighted by molar-refractivity contribution is 6.32. The maximum Gasteiger partial charge on any atom is 0.434 e. The molecule has 0 aliphatic rings. The van der Waals surface area contributed by atoms with Gasteiger partial charge in [-0.25, -0.2) is 14.1 Å². The fourth-order valence-corrected chi connectivity index (χ4v) is 2.64. The van der Waals surface area contributed by atoms with Gasteiger partial charge in [-0.1, -0.05) is 11.6 Å². The largest absolute Gasteiger partial charge is 0.434 e. The highest BCUT2D eigenvalue weighted by Crippen LogP contribution is 2.35. The van der Waals surface area contributed by atoms with E-state index < -0.39 is 29.2 Å². The number of hydrogen-bond acceptors (Lipinski definition) is 3. The lowest BCUT2D eigenvalue weighted by Crippen LogP contribution is -2.21. The number of anilines is 1. The predicted molar refractivity (Wildman–Crippen MR) is 90.5 cm³/mol. The maximum atomic E-state index is 13.6. The Bertz CT molecular complexity index is 1020. The molecule has 0 spiro atoms. The molecule has 0 unspecified atom stereocenters. The lowest BCUT2D eigenvalue weighted by Gasteiger charge is -2.13. The average molecular weight is 399 g/mol. The molecule has 10 heteroatoms. The third kappa shape index (κ3) is 3.77. The molecular formula is C17H11ClF4N4O. The number of nitrogens with zero attached hydrogens (tertiary/aromatic N) is 3. The van der Waals surface area contributed by atoms with Gasteiger partial charge in [0.2, 0.25) is 0 Å². The standard InChI is InChI=1S/C17H11ClF4N4O/c1-9-7-10(19)4-5-13(9)25-16(27)11-8-24-26(14(11)17(20,21)22)15-12(18)3-2-6-23-15/h2-8H,1H3,(H,25,27). The molecule has 1 N–H and O–H groups in total. The topological polar surface area (TPSA) is 59.8 Å². The molecule has 3 rings (SSSR count). The number of nitrogens with one attached hydrogen (secondary N) is 1. The molecule has 0 saturated heterocycles. The van der Waals surface area contributed by atoms with Crippen LogP contribution in [-0.4, -0.2) is 20.7 Å². The number of benzene rings is 1. The molecule has 0 bridgehead atoms. The first-order valence-electron chi connectivity index (χ1n) is 7.52. The predicted octanol–water partition coefficient (Wildman–Crippen LogP) is 4.64. The van der Waals surface area contributed by atoms with Crippen molar-refractivity contribution in [3.05, 3.63) is 70.4 Å². The van der Waals surface area contributed by atoms with Crippen LogP contribution in [0.1, 0.15) is 21.6 Å². The minimum Gasteiger partial charge on any atom is -0.322 e. The van der Waals surface area contributed by atoms with Crippen LogP contribution in [0.3, 0.4) is 0 Å². The lowest BCUT2D eigenvalue weighted by molar-refractivity contribution is -0.143. The molecule has 5 nitrogen and oxygen atoms in total. The van der Waals surface area contributed by atoms with Crippen molar-refractivity contribution in [3.8, 4) is 5.82 Å². The van der Waals surface area contributed by atoms with Gasteiger partial charge >= 0.3 is 6.18 Å². The first kappa shape index (κ1) is 18.8. The molecule has 0 atom stereocenters. The quantitative estimate of drug-likeness (QED) is 0.654. The summed E-state index contributed by atoms with van der Waals surface area (Å²) in [5.41, 5.74) is -1.50. The highest BCUT2D eigenvalue weighted by Gasteiger charge is 2.41. The fourth-order valence-electron chi connectivity index (χ4n) is 2.44. The number of carbonyl (C=O) groups excluding carboxylic acids is 1. The molecule has 3 aromatic rings. The molecular weight excluding hydrogens is 388 g/mol. The van der Waals surface area contributed by atoms with Crippen LogP contribution >= 0.6 is 11.6 Å². The molecule has 0 saturated carbocycles. The molecule has 2 heterocycles. The highest BCUT2D eigenvalue weighted by atomic mass is 35.5. The van der Waals surface area contributed by atoms with E-state index in [9.17, 15) is 22.4 Å². The Morgan fingerprint density at radius 2 is 2.00 bits per heavy atom. The summed E-state index contributed by atoms with van der Waals surface area (Å²) in [6.45, 7) is 1.51. The van der Waals surface area contributed by atoms with Gasteiger partial charge in [0.1, 0.15) is 5.82 Å². The lowest BCUT2D eigenvalue weighted by atomic mass is 10.1. The van der Waals surface area contributed by atoms with Crippen molar-refractivity contribution >= 4 is 23.2 Å². The van der Waals surface area contributed by atoms with Crippen LogP contribution in [-0.2, 0) is 6.18 Å². The second-order valence-electron chi connectivity index (χ2n) is 5.54. The summed E-state index contributed by atoms with van der Waals surface area (Å²) in [6.07, 6.45) is -2.87. The molecule has 0 aliphatic carbocycles. The summed E-state index contributed by atoms with van der Waals surface area (Å²) in [6, 6.07) is 6.30. The number of rotatable bonds is 3. The summed E-state index contributed by atoms with van der Waals surface area (Å²) in [7, 11) is 0. The molecule has 0 fully saturated rings. The number of amides is 1. The van der Waals surface area contributed by atoms with Crippen LogP contribution < -0.4 is 5.32 Å². The van der Waals surface area contributed by atoms with Crippen molar-refractivity contribution in [2.45, 2.75) is 13.1 Å². The number of alkyl halides is 3. The zero-order valence-corrected chi connectivity index (χ0v) is 14.4. The second-order valence-corrected chi connectivity index (χ2v) is 5.95. The van der Waals surface area contributed by atoms with E-state index in [1.807, 2.05) is 0 Å². The third-order valence-corrected chi connectivity index (χ3v) is 3.95. The van der Waals surface area contributed by atoms with Crippen molar-refractivity contribution in [3.63, 3.8) is 0 Å². The van der Waals surface area contributed by atoms with Gasteiger partial charge in [0.15, 0.2) is 11.5 Å². The van der Waals surface area contributed by atoms with Gasteiger partial charge in [0.05, 0.1) is 16.8 Å². The number of aromatic nitrogens is 3. The minimum atomic E-state index is -4.90. The number of carbonyl (C=O) groups is 1. The fraction of sp³-hybridized carbons (Fsp3) is 0.118. The normalized spacial score (nSPS) is 11.5. The Balaban J connectivity index is 2.06. The Morgan fingerprint density at radius 3 is 2.63 bits per heavy atom. The van der Waals surface area contributed by atoms with Gasteiger partial charge in [0, 0.05) is 11.9 Å². The Morgan fingerprint density at radius 1 is 1.26 bits per heavy atom. The van der Waals surface area contributed by atoms with Crippen LogP contribution in [0.5, 0.6) is 0 Å². The summed E-state index contributed by atoms with van der Waals surface area (Å²) < 4.78 is 54.5. The monoisotopic (exact) mass is 398 g/mol. The maximum absolute atomic E-state index is 13.6. The van der Waals surface area contributed by atoms with E-state index in [1.54, 1.807) is 0 Å². The van der Waals surface area contributed by atoms with Crippen molar-refractivity contribution < 1.29 is 22.4 Å². The van der Waals surface area contributed by atoms with Gasteiger partial charge in [-0.15, -0.1) is 0 Å². The molecule has 1 aromatic carbocycles. The first-order chi connectivity index (χ1) is 12.7. The summed E-state index contributed by atoms with van der Waals surface area (Å²) in [4.78, 5) is 16.2. The van der Waals surface area contributed by atoms with E-state index in [2.05, 4.69) is 15.4 Å². The molecule has 140 valence electrons. The van der Waals surface area contributed by atoms with Crippen molar-refractivity contribution in [1.82, 2.24) is 14.8 Å². The zero-order valence-electron chi connectivity index (χ0n) is 13.7. The van der Waals surface area contributed by atoms with E-state index in [0.717, 1.165) is 18.3 Å². The number of aryl methyl sites for hydroxylation is 1. The Hall–Kier alpha value is -2.94. The van der Waals surface area contributed by atoms with Crippen LogP contribution in [0.25, 0.3) is 5.82 Å². The van der Waals surface area contributed by atoms with Crippen molar-refractivity contribution in [2.75, 3.05) is 5.32 Å². The number of halogens is 5. The SMILES string of the molecule is Cc1cc(F)ccc1NC(=O)c1cnn(-c2ncccc2Cl)c1C(F)(F)F. The summed E-state index contributed by atoms with van der Waals surface area (Å²) >= 11 is 5.91. The summed E-state index contributed by atoms with van der Waals surface area (Å²) in [5.74, 6) is -1.84. The molecule has 0 aliphatic heterocycles. The summed E-state index contributed by atoms with van der Waals surface area (Å²) in [5, 5.41) is 5.91. The minimum absolute atomic E-state index is 0.0626. The van der Waals surface area contributed by atoms with Crippen molar-refractivity contribution in [2.24, 2.45) is 0 Å². The Labute approximate surface area is 155 Å². The van der Waals surface area contributed by atoms with E-state index in [0.29, 0.717) is 10.2 Å². The molecule has 27 heavy (non-hydrogen) atoms. The third-order valence-electron chi connectivity index (χ3n) is 3.66. The number of hydrogen-bond donors (Lipinski definition) is 1. The first-order valence-corrected chi connectivity index (χ1v) is 7.90. The molecule has 2 aromatic heterocycles. The van der Waals surface area contributed by atoms with Crippen LogP contribution in [0.4, 0.5) is 23.2 Å². The smallest absolute Gasteiger partial charge is 0.322 e. The van der Waals surface area contributed by atoms with E-state index in [4.69, 9.17) is 11.6 Å². The van der Waals surface area contributed by atoms with E-state index in [-0.39, 0.29) is 16.5 Å². The average Bonchev–Trinajstić information content (AvgIpc) is 3.03.